The molecule has 2 aromatic rings. The number of methoxy groups -OCH3 is 2. The summed E-state index contributed by atoms with van der Waals surface area (Å²) >= 11 is 0. The Labute approximate surface area is 118 Å². The molecule has 1 aliphatic rings. The summed E-state index contributed by atoms with van der Waals surface area (Å²) in [6.07, 6.45) is 0.722. The van der Waals surface area contributed by atoms with E-state index < -0.39 is 0 Å². The minimum absolute atomic E-state index is 0.722. The minimum atomic E-state index is 0.722. The second-order valence-corrected chi connectivity index (χ2v) is 4.57. The lowest BCUT2D eigenvalue weighted by molar-refractivity contribution is 0.266. The molecule has 0 bridgehead atoms. The van der Waals surface area contributed by atoms with Gasteiger partial charge in [0.2, 0.25) is 0 Å². The highest BCUT2D eigenvalue weighted by atomic mass is 16.5. The van der Waals surface area contributed by atoms with E-state index in [2.05, 4.69) is 0 Å². The summed E-state index contributed by atoms with van der Waals surface area (Å²) in [5, 5.41) is 0. The molecule has 1 heterocycles. The molecule has 0 aliphatic carbocycles. The molecule has 102 valence electrons. The maximum Gasteiger partial charge on any atom is 0.172 e. The SMILES string of the molecule is COC1=C(c2ccccc2)Oc2cc(OC)ccc2C1. The lowest BCUT2D eigenvalue weighted by atomic mass is 10.0. The van der Waals surface area contributed by atoms with Crippen molar-refractivity contribution in [2.75, 3.05) is 14.2 Å². The van der Waals surface area contributed by atoms with E-state index in [1.165, 1.54) is 0 Å². The predicted molar refractivity (Wildman–Crippen MR) is 77.7 cm³/mol. The van der Waals surface area contributed by atoms with Gasteiger partial charge in [0.25, 0.3) is 0 Å². The molecule has 0 aromatic heterocycles. The van der Waals surface area contributed by atoms with E-state index in [9.17, 15) is 0 Å². The number of ether oxygens (including phenoxy) is 3. The van der Waals surface area contributed by atoms with Gasteiger partial charge in [-0.3, -0.25) is 0 Å². The first kappa shape index (κ1) is 12.6. The number of benzene rings is 2. The summed E-state index contributed by atoms with van der Waals surface area (Å²) in [6.45, 7) is 0. The molecule has 0 N–H and O–H groups in total. The molecule has 0 radical (unpaired) electrons. The highest BCUT2D eigenvalue weighted by Gasteiger charge is 2.22. The fourth-order valence-corrected chi connectivity index (χ4v) is 2.30. The summed E-state index contributed by atoms with van der Waals surface area (Å²) in [6, 6.07) is 15.8. The summed E-state index contributed by atoms with van der Waals surface area (Å²) < 4.78 is 16.8. The first-order valence-electron chi connectivity index (χ1n) is 6.49. The minimum Gasteiger partial charge on any atom is -0.497 e. The van der Waals surface area contributed by atoms with Crippen LogP contribution in [0.2, 0.25) is 0 Å². The van der Waals surface area contributed by atoms with Crippen LogP contribution in [-0.2, 0) is 11.2 Å². The van der Waals surface area contributed by atoms with Crippen molar-refractivity contribution in [2.24, 2.45) is 0 Å². The van der Waals surface area contributed by atoms with Gasteiger partial charge in [-0.15, -0.1) is 0 Å². The third-order valence-corrected chi connectivity index (χ3v) is 3.37. The van der Waals surface area contributed by atoms with Gasteiger partial charge in [-0.1, -0.05) is 36.4 Å². The zero-order chi connectivity index (χ0) is 13.9. The van der Waals surface area contributed by atoms with Crippen LogP contribution in [0.15, 0.2) is 54.3 Å². The molecule has 0 saturated heterocycles. The average molecular weight is 268 g/mol. The van der Waals surface area contributed by atoms with Crippen molar-refractivity contribution in [3.63, 3.8) is 0 Å². The Hall–Kier alpha value is -2.42. The van der Waals surface area contributed by atoms with E-state index in [4.69, 9.17) is 14.2 Å². The van der Waals surface area contributed by atoms with Gasteiger partial charge in [-0.2, -0.15) is 0 Å². The average Bonchev–Trinajstić information content (AvgIpc) is 2.53. The van der Waals surface area contributed by atoms with Crippen LogP contribution in [0.3, 0.4) is 0 Å². The standard InChI is InChI=1S/C17H16O3/c1-18-14-9-8-13-10-16(19-2)17(20-15(13)11-14)12-6-4-3-5-7-12/h3-9,11H,10H2,1-2H3. The Balaban J connectivity index is 2.03. The lowest BCUT2D eigenvalue weighted by Crippen LogP contribution is -2.11. The number of fused-ring (bicyclic) bond motifs is 1. The monoisotopic (exact) mass is 268 g/mol. The van der Waals surface area contributed by atoms with Gasteiger partial charge in [-0.05, 0) is 6.07 Å². The fourth-order valence-electron chi connectivity index (χ4n) is 2.30. The van der Waals surface area contributed by atoms with Crippen LogP contribution in [0.5, 0.6) is 11.5 Å². The molecule has 20 heavy (non-hydrogen) atoms. The summed E-state index contributed by atoms with van der Waals surface area (Å²) in [4.78, 5) is 0. The highest BCUT2D eigenvalue weighted by molar-refractivity contribution is 5.67. The number of hydrogen-bond acceptors (Lipinski definition) is 3. The smallest absolute Gasteiger partial charge is 0.172 e. The molecule has 0 saturated carbocycles. The molecule has 0 fully saturated rings. The largest absolute Gasteiger partial charge is 0.497 e. The van der Waals surface area contributed by atoms with E-state index in [-0.39, 0.29) is 0 Å². The molecule has 3 heteroatoms. The number of hydrogen-bond donors (Lipinski definition) is 0. The van der Waals surface area contributed by atoms with Crippen molar-refractivity contribution in [1.29, 1.82) is 0 Å². The predicted octanol–water partition coefficient (Wildman–Crippen LogP) is 3.65. The van der Waals surface area contributed by atoms with Gasteiger partial charge in [0.15, 0.2) is 5.76 Å². The van der Waals surface area contributed by atoms with Crippen LogP contribution in [0.4, 0.5) is 0 Å². The van der Waals surface area contributed by atoms with Crippen LogP contribution in [-0.4, -0.2) is 14.2 Å². The van der Waals surface area contributed by atoms with Crippen molar-refractivity contribution in [1.82, 2.24) is 0 Å². The van der Waals surface area contributed by atoms with Gasteiger partial charge in [0, 0.05) is 23.6 Å². The maximum absolute atomic E-state index is 6.04. The van der Waals surface area contributed by atoms with Crippen molar-refractivity contribution < 1.29 is 14.2 Å². The topological polar surface area (TPSA) is 27.7 Å². The Kier molecular flexibility index (Phi) is 3.33. The molecule has 0 atom stereocenters. The number of rotatable bonds is 3. The Morgan fingerprint density at radius 2 is 1.75 bits per heavy atom. The van der Waals surface area contributed by atoms with E-state index in [1.807, 2.05) is 48.5 Å². The summed E-state index contributed by atoms with van der Waals surface area (Å²) in [5.41, 5.74) is 2.11. The first-order chi connectivity index (χ1) is 9.81. The van der Waals surface area contributed by atoms with Gasteiger partial charge >= 0.3 is 0 Å². The molecule has 1 aliphatic heterocycles. The van der Waals surface area contributed by atoms with Crippen molar-refractivity contribution in [2.45, 2.75) is 6.42 Å². The molecule has 3 nitrogen and oxygen atoms in total. The Morgan fingerprint density at radius 1 is 0.950 bits per heavy atom. The quantitative estimate of drug-likeness (QED) is 0.850. The van der Waals surface area contributed by atoms with Gasteiger partial charge in [0.05, 0.1) is 14.2 Å². The second-order valence-electron chi connectivity index (χ2n) is 4.57. The molecule has 0 spiro atoms. The van der Waals surface area contributed by atoms with E-state index in [0.717, 1.165) is 40.6 Å². The summed E-state index contributed by atoms with van der Waals surface area (Å²) in [5.74, 6) is 3.23. The normalized spacial score (nSPS) is 13.5. The van der Waals surface area contributed by atoms with Crippen molar-refractivity contribution in [3.8, 4) is 11.5 Å². The number of allylic oxidation sites excluding steroid dienone is 1. The molecule has 2 aromatic carbocycles. The third kappa shape index (κ3) is 2.23. The molecular weight excluding hydrogens is 252 g/mol. The Morgan fingerprint density at radius 3 is 2.45 bits per heavy atom. The lowest BCUT2D eigenvalue weighted by Gasteiger charge is -2.23. The van der Waals surface area contributed by atoms with E-state index in [1.54, 1.807) is 14.2 Å². The van der Waals surface area contributed by atoms with Gasteiger partial charge in [-0.25, -0.2) is 0 Å². The zero-order valence-electron chi connectivity index (χ0n) is 11.6. The van der Waals surface area contributed by atoms with Crippen LogP contribution >= 0.6 is 0 Å². The second kappa shape index (κ2) is 5.29. The van der Waals surface area contributed by atoms with Gasteiger partial charge in [0.1, 0.15) is 17.3 Å². The van der Waals surface area contributed by atoms with E-state index >= 15 is 0 Å². The first-order valence-corrected chi connectivity index (χ1v) is 6.49. The van der Waals surface area contributed by atoms with Gasteiger partial charge < -0.3 is 14.2 Å². The third-order valence-electron chi connectivity index (χ3n) is 3.37. The van der Waals surface area contributed by atoms with Crippen LogP contribution in [0, 0.1) is 0 Å². The molecule has 0 unspecified atom stereocenters. The van der Waals surface area contributed by atoms with Crippen LogP contribution in [0.1, 0.15) is 11.1 Å². The van der Waals surface area contributed by atoms with Crippen LogP contribution in [0.25, 0.3) is 5.76 Å². The zero-order valence-corrected chi connectivity index (χ0v) is 11.6. The van der Waals surface area contributed by atoms with Crippen molar-refractivity contribution in [3.05, 3.63) is 65.4 Å². The molecule has 3 rings (SSSR count). The van der Waals surface area contributed by atoms with Crippen molar-refractivity contribution >= 4 is 5.76 Å². The van der Waals surface area contributed by atoms with E-state index in [0.29, 0.717) is 0 Å². The summed E-state index contributed by atoms with van der Waals surface area (Å²) in [7, 11) is 3.33. The van der Waals surface area contributed by atoms with Crippen LogP contribution < -0.4 is 9.47 Å². The highest BCUT2D eigenvalue weighted by Crippen LogP contribution is 2.36. The fraction of sp³-hybridized carbons (Fsp3) is 0.176. The Bertz CT molecular complexity index is 645. The molecular formula is C17H16O3. The molecule has 0 amide bonds. The maximum atomic E-state index is 6.04.